The van der Waals surface area contributed by atoms with Crippen molar-refractivity contribution in [2.24, 2.45) is 5.41 Å². The highest BCUT2D eigenvalue weighted by Gasteiger charge is 2.24. The Morgan fingerprint density at radius 3 is 2.71 bits per heavy atom. The van der Waals surface area contributed by atoms with Crippen LogP contribution >= 0.6 is 11.6 Å². The molecule has 0 aliphatic heterocycles. The summed E-state index contributed by atoms with van der Waals surface area (Å²) >= 11 is 5.76. The van der Waals surface area contributed by atoms with Gasteiger partial charge in [0.05, 0.1) is 12.6 Å². The number of aliphatic hydroxyl groups is 1. The molecule has 0 aliphatic rings. The Bertz CT molecular complexity index is 401. The summed E-state index contributed by atoms with van der Waals surface area (Å²) in [6.45, 7) is 9.82. The van der Waals surface area contributed by atoms with E-state index in [1.807, 2.05) is 20.8 Å². The van der Waals surface area contributed by atoms with Crippen LogP contribution in [0, 0.1) is 5.41 Å². The zero-order valence-electron chi connectivity index (χ0n) is 10.4. The molecule has 1 aromatic heterocycles. The number of halogens is 1. The minimum atomic E-state index is -0.118. The highest BCUT2D eigenvalue weighted by molar-refractivity contribution is 6.28. The molecule has 0 amide bonds. The smallest absolute Gasteiger partial charge is 0.224 e. The third-order valence-electron chi connectivity index (χ3n) is 2.55. The highest BCUT2D eigenvalue weighted by atomic mass is 35.5. The SMILES string of the molecule is C=Cc1cnc(Cl)nc1NC(CO)C(C)(C)C. The van der Waals surface area contributed by atoms with Crippen LogP contribution in [-0.4, -0.2) is 27.7 Å². The van der Waals surface area contributed by atoms with Gasteiger partial charge in [-0.3, -0.25) is 0 Å². The quantitative estimate of drug-likeness (QED) is 0.812. The van der Waals surface area contributed by atoms with Gasteiger partial charge in [0.15, 0.2) is 0 Å². The average Bonchev–Trinajstić information content (AvgIpc) is 2.24. The largest absolute Gasteiger partial charge is 0.394 e. The van der Waals surface area contributed by atoms with E-state index in [0.29, 0.717) is 5.82 Å². The Labute approximate surface area is 107 Å². The number of nitrogens with zero attached hydrogens (tertiary/aromatic N) is 2. The Hall–Kier alpha value is -1.13. The zero-order valence-corrected chi connectivity index (χ0v) is 11.1. The monoisotopic (exact) mass is 255 g/mol. The topological polar surface area (TPSA) is 58.0 Å². The van der Waals surface area contributed by atoms with Crippen LogP contribution in [0.3, 0.4) is 0 Å². The van der Waals surface area contributed by atoms with Crippen molar-refractivity contribution in [2.75, 3.05) is 11.9 Å². The Morgan fingerprint density at radius 2 is 2.24 bits per heavy atom. The maximum Gasteiger partial charge on any atom is 0.224 e. The van der Waals surface area contributed by atoms with Gasteiger partial charge in [-0.15, -0.1) is 0 Å². The van der Waals surface area contributed by atoms with Gasteiger partial charge in [0.25, 0.3) is 0 Å². The lowest BCUT2D eigenvalue weighted by molar-refractivity contribution is 0.201. The molecule has 1 unspecified atom stereocenters. The van der Waals surface area contributed by atoms with Crippen LogP contribution in [0.25, 0.3) is 6.08 Å². The van der Waals surface area contributed by atoms with Crippen molar-refractivity contribution >= 4 is 23.5 Å². The third-order valence-corrected chi connectivity index (χ3v) is 2.73. The summed E-state index contributed by atoms with van der Waals surface area (Å²) in [7, 11) is 0. The molecule has 1 rings (SSSR count). The molecule has 0 fully saturated rings. The number of hydrogen-bond donors (Lipinski definition) is 2. The van der Waals surface area contributed by atoms with Gasteiger partial charge in [0.2, 0.25) is 5.28 Å². The third kappa shape index (κ3) is 3.68. The molecule has 0 bridgehead atoms. The van der Waals surface area contributed by atoms with E-state index in [1.165, 1.54) is 0 Å². The minimum absolute atomic E-state index is 0.0156. The van der Waals surface area contributed by atoms with E-state index in [1.54, 1.807) is 12.3 Å². The van der Waals surface area contributed by atoms with E-state index in [2.05, 4.69) is 21.9 Å². The van der Waals surface area contributed by atoms with E-state index in [-0.39, 0.29) is 23.3 Å². The molecule has 2 N–H and O–H groups in total. The van der Waals surface area contributed by atoms with Crippen molar-refractivity contribution in [3.05, 3.63) is 23.6 Å². The molecule has 0 spiro atoms. The molecule has 0 saturated carbocycles. The Morgan fingerprint density at radius 1 is 1.59 bits per heavy atom. The summed E-state index contributed by atoms with van der Waals surface area (Å²) in [6, 6.07) is -0.118. The number of hydrogen-bond acceptors (Lipinski definition) is 4. The van der Waals surface area contributed by atoms with Gasteiger partial charge in [0, 0.05) is 11.8 Å². The fourth-order valence-electron chi connectivity index (χ4n) is 1.34. The molecule has 0 saturated heterocycles. The summed E-state index contributed by atoms with van der Waals surface area (Å²) in [4.78, 5) is 7.99. The lowest BCUT2D eigenvalue weighted by Crippen LogP contribution is -2.37. The van der Waals surface area contributed by atoms with E-state index in [0.717, 1.165) is 5.56 Å². The number of aliphatic hydroxyl groups excluding tert-OH is 1. The molecule has 1 heterocycles. The molecule has 1 atom stereocenters. The molecule has 1 aromatic rings. The van der Waals surface area contributed by atoms with Crippen LogP contribution in [0.1, 0.15) is 26.3 Å². The van der Waals surface area contributed by atoms with E-state index in [9.17, 15) is 5.11 Å². The van der Waals surface area contributed by atoms with Crippen LogP contribution in [0.4, 0.5) is 5.82 Å². The molecule has 0 aliphatic carbocycles. The normalized spacial score (nSPS) is 13.2. The van der Waals surface area contributed by atoms with Gasteiger partial charge < -0.3 is 10.4 Å². The molecule has 5 heteroatoms. The van der Waals surface area contributed by atoms with E-state index in [4.69, 9.17) is 11.6 Å². The van der Waals surface area contributed by atoms with Gasteiger partial charge >= 0.3 is 0 Å². The molecule has 4 nitrogen and oxygen atoms in total. The lowest BCUT2D eigenvalue weighted by Gasteiger charge is -2.30. The second kappa shape index (κ2) is 5.47. The van der Waals surface area contributed by atoms with E-state index < -0.39 is 0 Å². The molecule has 0 aromatic carbocycles. The fraction of sp³-hybridized carbons (Fsp3) is 0.500. The Balaban J connectivity index is 3.00. The van der Waals surface area contributed by atoms with Gasteiger partial charge in [0.1, 0.15) is 5.82 Å². The standard InChI is InChI=1S/C12H18ClN3O/c1-5-8-6-14-11(13)16-10(8)15-9(7-17)12(2,3)4/h5-6,9,17H,1,7H2,2-4H3,(H,14,15,16). The van der Waals surface area contributed by atoms with Gasteiger partial charge in [-0.1, -0.05) is 33.4 Å². The highest BCUT2D eigenvalue weighted by Crippen LogP contribution is 2.24. The van der Waals surface area contributed by atoms with Crippen LogP contribution in [-0.2, 0) is 0 Å². The first-order valence-corrected chi connectivity index (χ1v) is 5.78. The van der Waals surface area contributed by atoms with Crippen molar-refractivity contribution in [3.63, 3.8) is 0 Å². The van der Waals surface area contributed by atoms with Crippen LogP contribution in [0.5, 0.6) is 0 Å². The predicted octanol–water partition coefficient (Wildman–Crippen LogP) is 2.59. The summed E-state index contributed by atoms with van der Waals surface area (Å²) < 4.78 is 0. The van der Waals surface area contributed by atoms with Crippen molar-refractivity contribution in [2.45, 2.75) is 26.8 Å². The number of anilines is 1. The van der Waals surface area contributed by atoms with Crippen molar-refractivity contribution in [1.82, 2.24) is 9.97 Å². The summed E-state index contributed by atoms with van der Waals surface area (Å²) in [5.74, 6) is 0.592. The van der Waals surface area contributed by atoms with Crippen LogP contribution < -0.4 is 5.32 Å². The van der Waals surface area contributed by atoms with Crippen LogP contribution in [0.15, 0.2) is 12.8 Å². The van der Waals surface area contributed by atoms with E-state index >= 15 is 0 Å². The first-order chi connectivity index (χ1) is 7.88. The number of aromatic nitrogens is 2. The van der Waals surface area contributed by atoms with Crippen molar-refractivity contribution in [1.29, 1.82) is 0 Å². The second-order valence-electron chi connectivity index (χ2n) is 4.89. The molecule has 17 heavy (non-hydrogen) atoms. The molecular weight excluding hydrogens is 238 g/mol. The molecule has 0 radical (unpaired) electrons. The van der Waals surface area contributed by atoms with Gasteiger partial charge in [-0.2, -0.15) is 0 Å². The average molecular weight is 256 g/mol. The predicted molar refractivity (Wildman–Crippen MR) is 71.1 cm³/mol. The van der Waals surface area contributed by atoms with Gasteiger partial charge in [-0.05, 0) is 17.0 Å². The first-order valence-electron chi connectivity index (χ1n) is 5.41. The van der Waals surface area contributed by atoms with Crippen molar-refractivity contribution < 1.29 is 5.11 Å². The lowest BCUT2D eigenvalue weighted by atomic mass is 9.87. The van der Waals surface area contributed by atoms with Crippen molar-refractivity contribution in [3.8, 4) is 0 Å². The van der Waals surface area contributed by atoms with Crippen LogP contribution in [0.2, 0.25) is 5.28 Å². The number of nitrogens with one attached hydrogen (secondary N) is 1. The number of rotatable bonds is 4. The summed E-state index contributed by atoms with van der Waals surface area (Å²) in [6.07, 6.45) is 3.25. The first kappa shape index (κ1) is 13.9. The summed E-state index contributed by atoms with van der Waals surface area (Å²) in [5.41, 5.74) is 0.669. The van der Waals surface area contributed by atoms with Gasteiger partial charge in [-0.25, -0.2) is 9.97 Å². The minimum Gasteiger partial charge on any atom is -0.394 e. The second-order valence-corrected chi connectivity index (χ2v) is 5.23. The summed E-state index contributed by atoms with van der Waals surface area (Å²) in [5, 5.41) is 12.7. The maximum absolute atomic E-state index is 9.39. The Kier molecular flexibility index (Phi) is 4.48. The maximum atomic E-state index is 9.39. The molecular formula is C12H18ClN3O. The molecule has 94 valence electrons. The fourth-order valence-corrected chi connectivity index (χ4v) is 1.47. The zero-order chi connectivity index (χ0) is 13.1.